The molecule has 0 aliphatic carbocycles. The summed E-state index contributed by atoms with van der Waals surface area (Å²) in [6, 6.07) is 12.0. The molecule has 1 unspecified atom stereocenters. The summed E-state index contributed by atoms with van der Waals surface area (Å²) in [6.45, 7) is 2.72. The lowest BCUT2D eigenvalue weighted by Crippen LogP contribution is -2.32. The Balaban J connectivity index is 1.48. The Kier molecular flexibility index (Phi) is 5.62. The Bertz CT molecular complexity index is 995. The number of methoxy groups -OCH3 is 1. The van der Waals surface area contributed by atoms with Crippen molar-refractivity contribution >= 4 is 17.7 Å². The molecular formula is C21H25N5O2S. The van der Waals surface area contributed by atoms with E-state index in [1.54, 1.807) is 7.11 Å². The first-order chi connectivity index (χ1) is 14.1. The van der Waals surface area contributed by atoms with Crippen LogP contribution in [0, 0.1) is 6.92 Å². The molecule has 3 heterocycles. The number of nitrogens with zero attached hydrogens (tertiary/aromatic N) is 5. The summed E-state index contributed by atoms with van der Waals surface area (Å²) in [7, 11) is 3.68. The molecule has 0 bridgehead atoms. The number of aromatic nitrogens is 4. The molecule has 1 amide bonds. The fraction of sp³-hybridized carbons (Fsp3) is 0.381. The average Bonchev–Trinajstić information content (AvgIpc) is 3.46. The van der Waals surface area contributed by atoms with Gasteiger partial charge in [0.05, 0.1) is 18.9 Å². The molecule has 29 heavy (non-hydrogen) atoms. The van der Waals surface area contributed by atoms with Crippen molar-refractivity contribution in [3.8, 4) is 11.4 Å². The Hall–Kier alpha value is -2.74. The van der Waals surface area contributed by atoms with Crippen LogP contribution in [0.2, 0.25) is 0 Å². The Labute approximate surface area is 174 Å². The average molecular weight is 412 g/mol. The van der Waals surface area contributed by atoms with Crippen molar-refractivity contribution in [1.82, 2.24) is 24.2 Å². The third-order valence-electron chi connectivity index (χ3n) is 5.35. The van der Waals surface area contributed by atoms with Crippen LogP contribution in [-0.4, -0.2) is 49.5 Å². The van der Waals surface area contributed by atoms with Gasteiger partial charge in [0, 0.05) is 31.2 Å². The van der Waals surface area contributed by atoms with Crippen molar-refractivity contribution in [2.24, 2.45) is 7.05 Å². The quantitative estimate of drug-likeness (QED) is 0.582. The number of ether oxygens (including phenoxy) is 1. The minimum Gasteiger partial charge on any atom is -0.497 e. The van der Waals surface area contributed by atoms with E-state index in [0.29, 0.717) is 5.75 Å². The number of aryl methyl sites for hydroxylation is 2. The summed E-state index contributed by atoms with van der Waals surface area (Å²) in [5, 5.41) is 9.22. The smallest absolute Gasteiger partial charge is 0.233 e. The van der Waals surface area contributed by atoms with Crippen LogP contribution >= 0.6 is 11.8 Å². The summed E-state index contributed by atoms with van der Waals surface area (Å²) in [5.41, 5.74) is 2.14. The lowest BCUT2D eigenvalue weighted by Gasteiger charge is -2.25. The second-order valence-electron chi connectivity index (χ2n) is 7.14. The summed E-state index contributed by atoms with van der Waals surface area (Å²) in [6.07, 6.45) is 4.08. The molecule has 1 saturated heterocycles. The SMILES string of the molecule is COc1ccc(-n2c(C)nnc2SCC(=O)N2CCCC2c2cccn2C)cc1. The highest BCUT2D eigenvalue weighted by atomic mass is 32.2. The third-order valence-corrected chi connectivity index (χ3v) is 6.26. The molecule has 0 saturated carbocycles. The number of amides is 1. The molecular weight excluding hydrogens is 386 g/mol. The van der Waals surface area contributed by atoms with E-state index < -0.39 is 0 Å². The molecule has 0 radical (unpaired) electrons. The van der Waals surface area contributed by atoms with Crippen molar-refractivity contribution in [3.05, 3.63) is 54.1 Å². The van der Waals surface area contributed by atoms with Crippen LogP contribution in [0.4, 0.5) is 0 Å². The minimum absolute atomic E-state index is 0.139. The van der Waals surface area contributed by atoms with E-state index in [0.717, 1.165) is 41.8 Å². The van der Waals surface area contributed by atoms with E-state index in [2.05, 4.69) is 20.8 Å². The van der Waals surface area contributed by atoms with Crippen molar-refractivity contribution in [3.63, 3.8) is 0 Å². The molecule has 8 heteroatoms. The highest BCUT2D eigenvalue weighted by Crippen LogP contribution is 2.33. The van der Waals surface area contributed by atoms with Gasteiger partial charge < -0.3 is 14.2 Å². The second-order valence-corrected chi connectivity index (χ2v) is 8.08. The van der Waals surface area contributed by atoms with Gasteiger partial charge in [-0.3, -0.25) is 9.36 Å². The molecule has 1 fully saturated rings. The summed E-state index contributed by atoms with van der Waals surface area (Å²) < 4.78 is 9.31. The van der Waals surface area contributed by atoms with Gasteiger partial charge in [-0.15, -0.1) is 10.2 Å². The number of benzene rings is 1. The summed E-state index contributed by atoms with van der Waals surface area (Å²) in [4.78, 5) is 15.0. The number of carbonyl (C=O) groups excluding carboxylic acids is 1. The van der Waals surface area contributed by atoms with E-state index in [4.69, 9.17) is 4.74 Å². The van der Waals surface area contributed by atoms with Gasteiger partial charge in [-0.25, -0.2) is 0 Å². The molecule has 1 aliphatic rings. The van der Waals surface area contributed by atoms with Crippen molar-refractivity contribution in [2.75, 3.05) is 19.4 Å². The van der Waals surface area contributed by atoms with Gasteiger partial charge in [0.15, 0.2) is 5.16 Å². The Morgan fingerprint density at radius 1 is 1.24 bits per heavy atom. The third kappa shape index (κ3) is 3.89. The van der Waals surface area contributed by atoms with Crippen molar-refractivity contribution in [2.45, 2.75) is 31.0 Å². The van der Waals surface area contributed by atoms with E-state index >= 15 is 0 Å². The highest BCUT2D eigenvalue weighted by molar-refractivity contribution is 7.99. The predicted molar refractivity (Wildman–Crippen MR) is 112 cm³/mol. The van der Waals surface area contributed by atoms with Crippen LogP contribution in [-0.2, 0) is 11.8 Å². The largest absolute Gasteiger partial charge is 0.497 e. The number of thioether (sulfide) groups is 1. The molecule has 3 aromatic rings. The predicted octanol–water partition coefficient (Wildman–Crippen LogP) is 3.38. The first-order valence-electron chi connectivity index (χ1n) is 9.68. The molecule has 152 valence electrons. The van der Waals surface area contributed by atoms with Gasteiger partial charge in [0.1, 0.15) is 11.6 Å². The minimum atomic E-state index is 0.139. The van der Waals surface area contributed by atoms with Crippen LogP contribution < -0.4 is 4.74 Å². The van der Waals surface area contributed by atoms with Crippen molar-refractivity contribution < 1.29 is 9.53 Å². The number of carbonyl (C=O) groups is 1. The lowest BCUT2D eigenvalue weighted by atomic mass is 10.1. The molecule has 1 atom stereocenters. The number of hydrogen-bond donors (Lipinski definition) is 0. The first-order valence-corrected chi connectivity index (χ1v) is 10.7. The Morgan fingerprint density at radius 3 is 2.72 bits per heavy atom. The standard InChI is InChI=1S/C21H25N5O2S/c1-15-22-23-21(26(15)16-8-10-17(28-3)11-9-16)29-14-20(27)25-13-5-7-19(25)18-6-4-12-24(18)2/h4,6,8-12,19H,5,7,13-14H2,1-3H3. The van der Waals surface area contributed by atoms with Gasteiger partial charge in [-0.1, -0.05) is 11.8 Å². The van der Waals surface area contributed by atoms with Crippen LogP contribution in [0.5, 0.6) is 5.75 Å². The summed E-state index contributed by atoms with van der Waals surface area (Å²) in [5.74, 6) is 2.06. The zero-order valence-corrected chi connectivity index (χ0v) is 17.7. The number of likely N-dealkylation sites (tertiary alicyclic amines) is 1. The maximum Gasteiger partial charge on any atom is 0.233 e. The normalized spacial score (nSPS) is 16.4. The molecule has 0 spiro atoms. The zero-order chi connectivity index (χ0) is 20.4. The summed E-state index contributed by atoms with van der Waals surface area (Å²) >= 11 is 1.43. The topological polar surface area (TPSA) is 65.2 Å². The molecule has 2 aromatic heterocycles. The van der Waals surface area contributed by atoms with Gasteiger partial charge in [-0.05, 0) is 56.2 Å². The fourth-order valence-electron chi connectivity index (χ4n) is 3.87. The molecule has 0 N–H and O–H groups in total. The van der Waals surface area contributed by atoms with Crippen molar-refractivity contribution in [1.29, 1.82) is 0 Å². The van der Waals surface area contributed by atoms with Crippen LogP contribution in [0.3, 0.4) is 0 Å². The second kappa shape index (κ2) is 8.32. The van der Waals surface area contributed by atoms with Gasteiger partial charge in [-0.2, -0.15) is 0 Å². The number of hydrogen-bond acceptors (Lipinski definition) is 5. The highest BCUT2D eigenvalue weighted by Gasteiger charge is 2.31. The van der Waals surface area contributed by atoms with Gasteiger partial charge in [0.25, 0.3) is 0 Å². The van der Waals surface area contributed by atoms with Gasteiger partial charge >= 0.3 is 0 Å². The monoisotopic (exact) mass is 411 g/mol. The molecule has 4 rings (SSSR count). The maximum absolute atomic E-state index is 13.0. The van der Waals surface area contributed by atoms with Crippen LogP contribution in [0.1, 0.15) is 30.4 Å². The fourth-order valence-corrected chi connectivity index (χ4v) is 4.75. The molecule has 7 nitrogen and oxygen atoms in total. The maximum atomic E-state index is 13.0. The van der Waals surface area contributed by atoms with E-state index in [9.17, 15) is 4.79 Å². The Morgan fingerprint density at radius 2 is 2.03 bits per heavy atom. The number of rotatable bonds is 6. The first kappa shape index (κ1) is 19.6. The van der Waals surface area contributed by atoms with E-state index in [1.807, 2.05) is 60.0 Å². The van der Waals surface area contributed by atoms with Crippen LogP contribution in [0.15, 0.2) is 47.8 Å². The molecule has 1 aliphatic heterocycles. The lowest BCUT2D eigenvalue weighted by molar-refractivity contribution is -0.129. The van der Waals surface area contributed by atoms with Crippen LogP contribution in [0.25, 0.3) is 5.69 Å². The molecule has 1 aromatic carbocycles. The van der Waals surface area contributed by atoms with Gasteiger partial charge in [0.2, 0.25) is 5.91 Å². The van der Waals surface area contributed by atoms with E-state index in [-0.39, 0.29) is 11.9 Å². The van der Waals surface area contributed by atoms with E-state index in [1.165, 1.54) is 17.5 Å². The zero-order valence-electron chi connectivity index (χ0n) is 16.9.